The highest BCUT2D eigenvalue weighted by molar-refractivity contribution is 6.00. The van der Waals surface area contributed by atoms with Crippen molar-refractivity contribution in [3.63, 3.8) is 0 Å². The first-order chi connectivity index (χ1) is 46.5. The van der Waals surface area contributed by atoms with Crippen LogP contribution in [0, 0.1) is 41.4 Å². The number of fused-ring (bicyclic) bond motifs is 1. The van der Waals surface area contributed by atoms with Gasteiger partial charge in [0.25, 0.3) is 5.91 Å². The maximum Gasteiger partial charge on any atom is 0.273 e. The summed E-state index contributed by atoms with van der Waals surface area (Å²) in [6.07, 6.45) is 1.09. The average Bonchev–Trinajstić information content (AvgIpc) is 0.802. The predicted octanol–water partition coefficient (Wildman–Crippen LogP) is 5.46. The third-order valence-corrected chi connectivity index (χ3v) is 18.9. The number of likely N-dealkylation sites (N-methyl/N-ethyl adjacent to an activating group) is 8. The zero-order chi connectivity index (χ0) is 76.2. The Morgan fingerprint density at radius 2 is 0.940 bits per heavy atom. The molecule has 3 rings (SSSR count). The van der Waals surface area contributed by atoms with E-state index in [1.165, 1.54) is 87.7 Å². The Bertz CT molecular complexity index is 3130. The second kappa shape index (κ2) is 39.6. The molecule has 0 aliphatic carbocycles. The Labute approximate surface area is 596 Å². The van der Waals surface area contributed by atoms with E-state index in [1.54, 1.807) is 60.5 Å². The standard InChI is InChI=1S/C75H124N12O13/c1-26-55-69(94)87(25)75(100-37-36-80(17)18)74(99)82(20)57(39-44(4)5)66(91)79-60(47(10)11)72(97)81(19)56(38-43(2)3)65(90)76-50(15)64(89)77-51(16)68(93)83(21)58(40-45(6)7)70(95)84(22)59(41-46(8)9)71(96)85(23)61(48(12)13)73(98)86(24)62(67(92)78-55)63(88)49(14)30-29-31-52-34-35-53-32-27-28-33-54(53)42-52/h27-29,31-35,42-51,55-63,75,88H,26,30,36-41H2,1-25H3,(H,76,90)(H,77,89)(H,78,92)(H,79,91)/b31-29+/t49-,50+,51-,55?,56+,57+,58+,59+,60+,61+,62+,63-,75?/m1/s1. The number of hydrogen-bond acceptors (Lipinski definition) is 14. The largest absolute Gasteiger partial charge is 0.390 e. The molecule has 100 heavy (non-hydrogen) atoms. The first-order valence-corrected chi connectivity index (χ1v) is 35.7. The Hall–Kier alpha value is -7.51. The summed E-state index contributed by atoms with van der Waals surface area (Å²) in [4.78, 5) is 175. The van der Waals surface area contributed by atoms with Crippen LogP contribution in [0.2, 0.25) is 0 Å². The molecule has 1 heterocycles. The lowest BCUT2D eigenvalue weighted by Crippen LogP contribution is -2.64. The number of carbonyl (C=O) groups excluding carboxylic acids is 11. The van der Waals surface area contributed by atoms with Crippen LogP contribution in [-0.4, -0.2) is 259 Å². The Balaban J connectivity index is 2.41. The summed E-state index contributed by atoms with van der Waals surface area (Å²) in [7, 11) is 13.4. The van der Waals surface area contributed by atoms with Crippen LogP contribution in [0.1, 0.15) is 155 Å². The molecule has 11 amide bonds. The van der Waals surface area contributed by atoms with Gasteiger partial charge in [-0.1, -0.05) is 145 Å². The van der Waals surface area contributed by atoms with Crippen LogP contribution >= 0.6 is 0 Å². The van der Waals surface area contributed by atoms with Gasteiger partial charge < -0.3 is 70.3 Å². The number of allylic oxidation sites excluding steroid dienone is 1. The van der Waals surface area contributed by atoms with Crippen LogP contribution in [0.4, 0.5) is 0 Å². The molecule has 0 spiro atoms. The molecule has 0 radical (unpaired) electrons. The van der Waals surface area contributed by atoms with Crippen molar-refractivity contribution < 1.29 is 62.6 Å². The van der Waals surface area contributed by atoms with Gasteiger partial charge in [-0.25, -0.2) is 0 Å². The van der Waals surface area contributed by atoms with Gasteiger partial charge in [-0.2, -0.15) is 0 Å². The van der Waals surface area contributed by atoms with E-state index >= 15 is 28.8 Å². The maximum absolute atomic E-state index is 15.6. The number of hydrogen-bond donors (Lipinski definition) is 5. The summed E-state index contributed by atoms with van der Waals surface area (Å²) in [5.74, 6) is -10.6. The zero-order valence-corrected chi connectivity index (χ0v) is 64.7. The molecular formula is C75H124N12O13. The lowest BCUT2D eigenvalue weighted by atomic mass is 9.91. The number of nitrogens with one attached hydrogen (secondary N) is 4. The highest BCUT2D eigenvalue weighted by Crippen LogP contribution is 2.27. The van der Waals surface area contributed by atoms with Crippen molar-refractivity contribution in [1.82, 2.24) is 60.5 Å². The van der Waals surface area contributed by atoms with E-state index in [9.17, 15) is 29.1 Å². The van der Waals surface area contributed by atoms with Crippen LogP contribution in [0.3, 0.4) is 0 Å². The van der Waals surface area contributed by atoms with Crippen LogP contribution in [-0.2, 0) is 57.5 Å². The third-order valence-electron chi connectivity index (χ3n) is 18.9. The Morgan fingerprint density at radius 1 is 0.480 bits per heavy atom. The van der Waals surface area contributed by atoms with Crippen molar-refractivity contribution in [2.75, 3.05) is 76.6 Å². The smallest absolute Gasteiger partial charge is 0.273 e. The highest BCUT2D eigenvalue weighted by atomic mass is 16.5. The first-order valence-electron chi connectivity index (χ1n) is 35.7. The molecule has 1 fully saturated rings. The molecule has 562 valence electrons. The molecule has 13 atom stereocenters. The van der Waals surface area contributed by atoms with E-state index in [-0.39, 0.29) is 68.8 Å². The average molecular weight is 1400 g/mol. The quantitative estimate of drug-likeness (QED) is 0.110. The summed E-state index contributed by atoms with van der Waals surface area (Å²) in [6, 6.07) is 0.938. The first kappa shape index (κ1) is 86.7. The van der Waals surface area contributed by atoms with E-state index in [0.29, 0.717) is 6.54 Å². The fraction of sp³-hybridized carbons (Fsp3) is 0.693. The van der Waals surface area contributed by atoms with E-state index in [1.807, 2.05) is 110 Å². The number of aliphatic hydroxyl groups is 1. The summed E-state index contributed by atoms with van der Waals surface area (Å²) in [5.41, 5.74) is 0.887. The second-order valence-corrected chi connectivity index (χ2v) is 30.3. The lowest BCUT2D eigenvalue weighted by molar-refractivity contribution is -0.168. The van der Waals surface area contributed by atoms with Gasteiger partial charge in [-0.3, -0.25) is 52.7 Å². The normalized spacial score (nSPS) is 25.5. The fourth-order valence-corrected chi connectivity index (χ4v) is 12.6. The van der Waals surface area contributed by atoms with E-state index in [0.717, 1.165) is 26.1 Å². The summed E-state index contributed by atoms with van der Waals surface area (Å²) in [5, 5.41) is 25.9. The van der Waals surface area contributed by atoms with Gasteiger partial charge in [-0.05, 0) is 130 Å². The van der Waals surface area contributed by atoms with Gasteiger partial charge in [0.1, 0.15) is 60.4 Å². The van der Waals surface area contributed by atoms with E-state index in [4.69, 9.17) is 4.74 Å². The third kappa shape index (κ3) is 23.8. The second-order valence-electron chi connectivity index (χ2n) is 30.3. The number of rotatable bonds is 20. The van der Waals surface area contributed by atoms with E-state index < -0.39 is 155 Å². The van der Waals surface area contributed by atoms with Gasteiger partial charge in [0.15, 0.2) is 0 Å². The van der Waals surface area contributed by atoms with Crippen molar-refractivity contribution in [2.24, 2.45) is 41.4 Å². The predicted molar refractivity (Wildman–Crippen MR) is 390 cm³/mol. The number of nitrogens with zero attached hydrogens (tertiary/aromatic N) is 8. The molecule has 2 unspecified atom stereocenters. The van der Waals surface area contributed by atoms with Gasteiger partial charge in [0.2, 0.25) is 65.3 Å². The number of carbonyl (C=O) groups is 11. The zero-order valence-electron chi connectivity index (χ0n) is 64.7. The fourth-order valence-electron chi connectivity index (χ4n) is 12.6. The molecule has 1 aliphatic rings. The number of ether oxygens (including phenoxy) is 1. The molecule has 1 saturated heterocycles. The summed E-state index contributed by atoms with van der Waals surface area (Å²) < 4.78 is 6.29. The minimum Gasteiger partial charge on any atom is -0.390 e. The molecule has 2 aromatic rings. The van der Waals surface area contributed by atoms with Gasteiger partial charge in [-0.15, -0.1) is 0 Å². The molecule has 25 heteroatoms. The van der Waals surface area contributed by atoms with Crippen LogP contribution in [0.25, 0.3) is 16.8 Å². The molecule has 0 bridgehead atoms. The van der Waals surface area contributed by atoms with Gasteiger partial charge >= 0.3 is 0 Å². The molecule has 0 aromatic heterocycles. The monoisotopic (exact) mass is 1400 g/mol. The lowest BCUT2D eigenvalue weighted by Gasteiger charge is -2.41. The van der Waals surface area contributed by atoms with Crippen LogP contribution in [0.5, 0.6) is 0 Å². The van der Waals surface area contributed by atoms with Crippen molar-refractivity contribution in [3.8, 4) is 0 Å². The van der Waals surface area contributed by atoms with Crippen molar-refractivity contribution in [3.05, 3.63) is 54.1 Å². The van der Waals surface area contributed by atoms with E-state index in [2.05, 4.69) is 21.3 Å². The number of amides is 11. The molecule has 1 aliphatic heterocycles. The van der Waals surface area contributed by atoms with Crippen molar-refractivity contribution in [1.29, 1.82) is 0 Å². The molecular weight excluding hydrogens is 1280 g/mol. The number of benzene rings is 2. The minimum atomic E-state index is -1.71. The Kier molecular flexibility index (Phi) is 34.4. The molecule has 5 N–H and O–H groups in total. The topological polar surface area (TPSA) is 291 Å². The molecule has 0 saturated carbocycles. The molecule has 2 aromatic carbocycles. The number of aliphatic hydroxyl groups excluding tert-OH is 1. The van der Waals surface area contributed by atoms with Gasteiger partial charge in [0.05, 0.1) is 12.7 Å². The highest BCUT2D eigenvalue weighted by Gasteiger charge is 2.47. The van der Waals surface area contributed by atoms with Gasteiger partial charge in [0, 0.05) is 55.9 Å². The summed E-state index contributed by atoms with van der Waals surface area (Å²) >= 11 is 0. The van der Waals surface area contributed by atoms with Crippen LogP contribution < -0.4 is 21.3 Å². The van der Waals surface area contributed by atoms with Crippen molar-refractivity contribution >= 4 is 81.8 Å². The SMILES string of the molecule is CCC1NC(=O)[C@H]([C@H](O)[C@H](C)C/C=C/c2ccc3ccccc3c2)N(C)C(=O)[C@H](C(C)C)N(C)C(=O)[C@H](CC(C)C)N(C)C(=O)[C@H](CC(C)C)N(C)C(=O)[C@@H](C)NC(=O)[C@H](C)NC(=O)[C@H](CC(C)C)N(C)C(=O)[C@H](C(C)C)NC(=O)[C@H](CC(C)C)N(C)C(=O)C(OCCN(C)C)N(C)C1=O. The maximum atomic E-state index is 15.6. The Morgan fingerprint density at radius 3 is 1.44 bits per heavy atom. The summed E-state index contributed by atoms with van der Waals surface area (Å²) in [6.45, 7) is 28.3. The van der Waals surface area contributed by atoms with Crippen LogP contribution in [0.15, 0.2) is 48.5 Å². The van der Waals surface area contributed by atoms with Crippen molar-refractivity contribution in [2.45, 2.75) is 222 Å². The molecule has 25 nitrogen and oxygen atoms in total. The minimum absolute atomic E-state index is 0.0601.